The lowest BCUT2D eigenvalue weighted by atomic mass is 10.2. The summed E-state index contributed by atoms with van der Waals surface area (Å²) >= 11 is 0. The minimum Gasteiger partial charge on any atom is -0.352 e. The fraction of sp³-hybridized carbons (Fsp3) is 0.400. The Bertz CT molecular complexity index is 312. The van der Waals surface area contributed by atoms with Crippen molar-refractivity contribution in [2.75, 3.05) is 13.1 Å². The normalized spacial score (nSPS) is 9.86. The van der Waals surface area contributed by atoms with Crippen molar-refractivity contribution >= 4 is 5.91 Å². The third-order valence-corrected chi connectivity index (χ3v) is 1.92. The van der Waals surface area contributed by atoms with Crippen molar-refractivity contribution in [1.29, 1.82) is 0 Å². The van der Waals surface area contributed by atoms with Crippen LogP contribution < -0.4 is 11.1 Å². The number of rotatable bonds is 4. The van der Waals surface area contributed by atoms with Gasteiger partial charge in [0, 0.05) is 18.4 Å². The molecule has 0 saturated carbocycles. The van der Waals surface area contributed by atoms with Gasteiger partial charge in [0.1, 0.15) is 0 Å². The molecule has 0 aliphatic heterocycles. The lowest BCUT2D eigenvalue weighted by Gasteiger charge is -2.05. The first-order chi connectivity index (χ1) is 6.75. The first kappa shape index (κ1) is 10.7. The van der Waals surface area contributed by atoms with Gasteiger partial charge in [0.25, 0.3) is 5.91 Å². The second kappa shape index (κ2) is 5.34. The molecular formula is C10H15N3O. The van der Waals surface area contributed by atoms with Crippen LogP contribution in [0.15, 0.2) is 18.3 Å². The molecule has 1 heterocycles. The lowest BCUT2D eigenvalue weighted by molar-refractivity contribution is 0.0952. The molecule has 1 rings (SSSR count). The topological polar surface area (TPSA) is 68.0 Å². The number of nitrogens with zero attached hydrogens (tertiary/aromatic N) is 1. The number of amides is 1. The van der Waals surface area contributed by atoms with E-state index >= 15 is 0 Å². The highest BCUT2D eigenvalue weighted by molar-refractivity contribution is 5.95. The van der Waals surface area contributed by atoms with Gasteiger partial charge in [-0.1, -0.05) is 0 Å². The Morgan fingerprint density at radius 2 is 2.43 bits per heavy atom. The van der Waals surface area contributed by atoms with E-state index in [1.165, 1.54) is 0 Å². The van der Waals surface area contributed by atoms with Gasteiger partial charge < -0.3 is 11.1 Å². The number of aryl methyl sites for hydroxylation is 1. The van der Waals surface area contributed by atoms with Crippen molar-refractivity contribution in [3.05, 3.63) is 29.6 Å². The van der Waals surface area contributed by atoms with Crippen molar-refractivity contribution in [2.24, 2.45) is 5.73 Å². The van der Waals surface area contributed by atoms with E-state index in [2.05, 4.69) is 10.3 Å². The van der Waals surface area contributed by atoms with E-state index in [-0.39, 0.29) is 5.91 Å². The van der Waals surface area contributed by atoms with Crippen LogP contribution in [0.1, 0.15) is 22.5 Å². The molecule has 0 radical (unpaired) electrons. The molecule has 1 aromatic rings. The summed E-state index contributed by atoms with van der Waals surface area (Å²) in [6.07, 6.45) is 2.47. The van der Waals surface area contributed by atoms with E-state index in [4.69, 9.17) is 5.73 Å². The summed E-state index contributed by atoms with van der Waals surface area (Å²) in [6, 6.07) is 3.52. The molecule has 0 aromatic carbocycles. The first-order valence-corrected chi connectivity index (χ1v) is 4.65. The van der Waals surface area contributed by atoms with Crippen molar-refractivity contribution in [3.8, 4) is 0 Å². The molecule has 14 heavy (non-hydrogen) atoms. The highest BCUT2D eigenvalue weighted by Gasteiger charge is 2.07. The predicted molar refractivity (Wildman–Crippen MR) is 55.0 cm³/mol. The standard InChI is InChI=1S/C10H15N3O/c1-8-9(4-2-6-12-8)10(14)13-7-3-5-11/h2,4,6H,3,5,7,11H2,1H3,(H,13,14). The lowest BCUT2D eigenvalue weighted by Crippen LogP contribution is -2.26. The quantitative estimate of drug-likeness (QED) is 0.683. The summed E-state index contributed by atoms with van der Waals surface area (Å²) in [4.78, 5) is 15.6. The molecular weight excluding hydrogens is 178 g/mol. The van der Waals surface area contributed by atoms with Crippen molar-refractivity contribution in [2.45, 2.75) is 13.3 Å². The zero-order valence-electron chi connectivity index (χ0n) is 8.29. The van der Waals surface area contributed by atoms with Gasteiger partial charge in [0.05, 0.1) is 5.56 Å². The fourth-order valence-electron chi connectivity index (χ4n) is 1.12. The van der Waals surface area contributed by atoms with Crippen LogP contribution in [-0.2, 0) is 0 Å². The molecule has 76 valence electrons. The Morgan fingerprint density at radius 1 is 1.64 bits per heavy atom. The zero-order chi connectivity index (χ0) is 10.4. The van der Waals surface area contributed by atoms with Gasteiger partial charge in [-0.25, -0.2) is 0 Å². The molecule has 0 atom stereocenters. The molecule has 3 N–H and O–H groups in total. The number of nitrogens with one attached hydrogen (secondary N) is 1. The van der Waals surface area contributed by atoms with Gasteiger partial charge in [-0.15, -0.1) is 0 Å². The summed E-state index contributed by atoms with van der Waals surface area (Å²) in [5.74, 6) is -0.0796. The molecule has 1 aromatic heterocycles. The molecule has 0 aliphatic rings. The monoisotopic (exact) mass is 193 g/mol. The summed E-state index contributed by atoms with van der Waals surface area (Å²) in [5, 5.41) is 2.78. The van der Waals surface area contributed by atoms with Gasteiger partial charge >= 0.3 is 0 Å². The average molecular weight is 193 g/mol. The number of hydrogen-bond acceptors (Lipinski definition) is 3. The Labute approximate surface area is 83.5 Å². The largest absolute Gasteiger partial charge is 0.352 e. The number of carbonyl (C=O) groups excluding carboxylic acids is 1. The van der Waals surface area contributed by atoms with E-state index in [0.29, 0.717) is 18.7 Å². The number of pyridine rings is 1. The SMILES string of the molecule is Cc1ncccc1C(=O)NCCCN. The van der Waals surface area contributed by atoms with E-state index in [1.54, 1.807) is 18.3 Å². The molecule has 0 bridgehead atoms. The molecule has 4 nitrogen and oxygen atoms in total. The molecule has 0 spiro atoms. The van der Waals surface area contributed by atoms with Crippen molar-refractivity contribution in [3.63, 3.8) is 0 Å². The van der Waals surface area contributed by atoms with Gasteiger partial charge in [0.2, 0.25) is 0 Å². The highest BCUT2D eigenvalue weighted by atomic mass is 16.1. The Balaban J connectivity index is 2.56. The maximum Gasteiger partial charge on any atom is 0.253 e. The van der Waals surface area contributed by atoms with Crippen LogP contribution in [0.5, 0.6) is 0 Å². The van der Waals surface area contributed by atoms with E-state index in [9.17, 15) is 4.79 Å². The summed E-state index contributed by atoms with van der Waals surface area (Å²) in [7, 11) is 0. The zero-order valence-corrected chi connectivity index (χ0v) is 8.29. The minimum absolute atomic E-state index is 0.0796. The fourth-order valence-corrected chi connectivity index (χ4v) is 1.12. The van der Waals surface area contributed by atoms with Crippen LogP contribution >= 0.6 is 0 Å². The van der Waals surface area contributed by atoms with Crippen LogP contribution in [0.4, 0.5) is 0 Å². The number of carbonyl (C=O) groups is 1. The third-order valence-electron chi connectivity index (χ3n) is 1.92. The van der Waals surface area contributed by atoms with E-state index in [0.717, 1.165) is 12.1 Å². The molecule has 1 amide bonds. The minimum atomic E-state index is -0.0796. The van der Waals surface area contributed by atoms with Gasteiger partial charge in [-0.3, -0.25) is 9.78 Å². The van der Waals surface area contributed by atoms with Crippen molar-refractivity contribution < 1.29 is 4.79 Å². The first-order valence-electron chi connectivity index (χ1n) is 4.65. The van der Waals surface area contributed by atoms with Gasteiger partial charge in [-0.05, 0) is 32.0 Å². The van der Waals surface area contributed by atoms with Crippen LogP contribution in [0.25, 0.3) is 0 Å². The highest BCUT2D eigenvalue weighted by Crippen LogP contribution is 2.02. The van der Waals surface area contributed by atoms with Crippen LogP contribution in [-0.4, -0.2) is 24.0 Å². The van der Waals surface area contributed by atoms with Gasteiger partial charge in [0.15, 0.2) is 0 Å². The number of aromatic nitrogens is 1. The Kier molecular flexibility index (Phi) is 4.07. The molecule has 0 aliphatic carbocycles. The third kappa shape index (κ3) is 2.81. The molecule has 0 fully saturated rings. The Hall–Kier alpha value is -1.42. The van der Waals surface area contributed by atoms with E-state index in [1.807, 2.05) is 6.92 Å². The predicted octanol–water partition coefficient (Wildman–Crippen LogP) is 0.469. The summed E-state index contributed by atoms with van der Waals surface area (Å²) in [6.45, 7) is 3.02. The van der Waals surface area contributed by atoms with Crippen LogP contribution in [0, 0.1) is 6.92 Å². The molecule has 0 saturated heterocycles. The smallest absolute Gasteiger partial charge is 0.253 e. The summed E-state index contributed by atoms with van der Waals surface area (Å²) in [5.41, 5.74) is 6.70. The summed E-state index contributed by atoms with van der Waals surface area (Å²) < 4.78 is 0. The second-order valence-electron chi connectivity index (χ2n) is 3.03. The van der Waals surface area contributed by atoms with Crippen molar-refractivity contribution in [1.82, 2.24) is 10.3 Å². The van der Waals surface area contributed by atoms with Crippen LogP contribution in [0.3, 0.4) is 0 Å². The Morgan fingerprint density at radius 3 is 3.07 bits per heavy atom. The average Bonchev–Trinajstić information content (AvgIpc) is 2.18. The maximum absolute atomic E-state index is 11.5. The molecule has 4 heteroatoms. The maximum atomic E-state index is 11.5. The second-order valence-corrected chi connectivity index (χ2v) is 3.03. The van der Waals surface area contributed by atoms with E-state index < -0.39 is 0 Å². The van der Waals surface area contributed by atoms with Crippen LogP contribution in [0.2, 0.25) is 0 Å². The van der Waals surface area contributed by atoms with Gasteiger partial charge in [-0.2, -0.15) is 0 Å². The molecule has 0 unspecified atom stereocenters. The number of nitrogens with two attached hydrogens (primary N) is 1. The number of hydrogen-bond donors (Lipinski definition) is 2.